The number of ketones is 1. The SMILES string of the molecule is CNc1cc(-c2ccsc2)ccc1C(C)=O.O=Cc1cc(N2CCOCC2)ccc1O. The van der Waals surface area contributed by atoms with Gasteiger partial charge in [-0.2, -0.15) is 11.3 Å². The Labute approximate surface area is 186 Å². The number of hydrogen-bond donors (Lipinski definition) is 2. The van der Waals surface area contributed by atoms with Gasteiger partial charge in [-0.05, 0) is 65.2 Å². The van der Waals surface area contributed by atoms with Gasteiger partial charge in [0.05, 0.1) is 18.8 Å². The number of carbonyl (C=O) groups excluding carboxylic acids is 2. The maximum Gasteiger partial charge on any atom is 0.161 e. The lowest BCUT2D eigenvalue weighted by molar-refractivity contribution is 0.101. The van der Waals surface area contributed by atoms with E-state index < -0.39 is 0 Å². The summed E-state index contributed by atoms with van der Waals surface area (Å²) in [7, 11) is 1.83. The largest absolute Gasteiger partial charge is 0.507 e. The molecule has 0 bridgehead atoms. The van der Waals surface area contributed by atoms with Crippen LogP contribution in [0, 0.1) is 0 Å². The molecule has 0 aliphatic carbocycles. The van der Waals surface area contributed by atoms with E-state index in [1.54, 1.807) is 30.4 Å². The van der Waals surface area contributed by atoms with Crippen LogP contribution in [0.5, 0.6) is 5.75 Å². The molecule has 0 unspecified atom stereocenters. The van der Waals surface area contributed by atoms with Crippen molar-refractivity contribution in [1.82, 2.24) is 0 Å². The monoisotopic (exact) mass is 438 g/mol. The number of morpholine rings is 1. The van der Waals surface area contributed by atoms with E-state index in [4.69, 9.17) is 4.74 Å². The molecule has 1 aliphatic rings. The normalized spacial score (nSPS) is 13.2. The predicted octanol–water partition coefficient (Wildman–Crippen LogP) is 4.70. The van der Waals surface area contributed by atoms with Gasteiger partial charge in [0.2, 0.25) is 0 Å². The third kappa shape index (κ3) is 5.71. The van der Waals surface area contributed by atoms with Crippen molar-refractivity contribution in [2.24, 2.45) is 0 Å². The fourth-order valence-electron chi connectivity index (χ4n) is 3.32. The summed E-state index contributed by atoms with van der Waals surface area (Å²) >= 11 is 1.67. The van der Waals surface area contributed by atoms with E-state index >= 15 is 0 Å². The molecule has 7 heteroatoms. The molecule has 1 fully saturated rings. The zero-order valence-electron chi connectivity index (χ0n) is 17.6. The van der Waals surface area contributed by atoms with Gasteiger partial charge in [0.25, 0.3) is 0 Å². The summed E-state index contributed by atoms with van der Waals surface area (Å²) in [4.78, 5) is 24.2. The second-order valence-electron chi connectivity index (χ2n) is 7.04. The number of anilines is 2. The van der Waals surface area contributed by atoms with Crippen molar-refractivity contribution in [3.8, 4) is 16.9 Å². The molecule has 1 saturated heterocycles. The number of carbonyl (C=O) groups is 2. The van der Waals surface area contributed by atoms with Crippen molar-refractivity contribution in [2.45, 2.75) is 6.92 Å². The number of ether oxygens (including phenoxy) is 1. The number of Topliss-reactive ketones (excluding diaryl/α,β-unsaturated/α-hetero) is 1. The Balaban J connectivity index is 0.000000176. The Morgan fingerprint density at radius 2 is 1.90 bits per heavy atom. The molecule has 0 spiro atoms. The van der Waals surface area contributed by atoms with Crippen molar-refractivity contribution >= 4 is 34.8 Å². The Morgan fingerprint density at radius 3 is 2.52 bits per heavy atom. The van der Waals surface area contributed by atoms with E-state index in [0.717, 1.165) is 35.6 Å². The van der Waals surface area contributed by atoms with E-state index in [0.29, 0.717) is 25.1 Å². The summed E-state index contributed by atoms with van der Waals surface area (Å²) in [5, 5.41) is 16.6. The number of aldehydes is 1. The third-order valence-corrected chi connectivity index (χ3v) is 5.72. The molecule has 2 aromatic carbocycles. The van der Waals surface area contributed by atoms with Crippen LogP contribution >= 0.6 is 11.3 Å². The van der Waals surface area contributed by atoms with E-state index in [1.807, 2.05) is 36.7 Å². The number of phenols is 1. The van der Waals surface area contributed by atoms with Crippen LogP contribution in [-0.2, 0) is 4.74 Å². The van der Waals surface area contributed by atoms with Gasteiger partial charge in [0.15, 0.2) is 12.1 Å². The van der Waals surface area contributed by atoms with E-state index in [2.05, 4.69) is 21.7 Å². The lowest BCUT2D eigenvalue weighted by Crippen LogP contribution is -2.36. The number of benzene rings is 2. The quantitative estimate of drug-likeness (QED) is 0.444. The van der Waals surface area contributed by atoms with E-state index in [9.17, 15) is 14.7 Å². The molecule has 0 amide bonds. The van der Waals surface area contributed by atoms with E-state index in [1.165, 1.54) is 5.56 Å². The highest BCUT2D eigenvalue weighted by Crippen LogP contribution is 2.27. The van der Waals surface area contributed by atoms with Crippen LogP contribution in [0.15, 0.2) is 53.2 Å². The molecular formula is C24H26N2O4S. The van der Waals surface area contributed by atoms with Gasteiger partial charge in [-0.1, -0.05) is 6.07 Å². The molecule has 4 rings (SSSR count). The van der Waals surface area contributed by atoms with Gasteiger partial charge in [0, 0.05) is 37.1 Å². The van der Waals surface area contributed by atoms with Crippen molar-refractivity contribution in [3.63, 3.8) is 0 Å². The smallest absolute Gasteiger partial charge is 0.161 e. The van der Waals surface area contributed by atoms with Crippen LogP contribution in [-0.4, -0.2) is 50.5 Å². The van der Waals surface area contributed by atoms with Gasteiger partial charge in [-0.3, -0.25) is 9.59 Å². The Hall–Kier alpha value is -3.16. The molecule has 6 nitrogen and oxygen atoms in total. The average molecular weight is 439 g/mol. The third-order valence-electron chi connectivity index (χ3n) is 5.04. The van der Waals surface area contributed by atoms with Crippen LogP contribution in [0.1, 0.15) is 27.6 Å². The highest BCUT2D eigenvalue weighted by molar-refractivity contribution is 7.08. The van der Waals surface area contributed by atoms with Crippen LogP contribution < -0.4 is 10.2 Å². The van der Waals surface area contributed by atoms with Crippen LogP contribution in [0.2, 0.25) is 0 Å². The first-order valence-corrected chi connectivity index (χ1v) is 10.9. The van der Waals surface area contributed by atoms with Crippen LogP contribution in [0.3, 0.4) is 0 Å². The van der Waals surface area contributed by atoms with Gasteiger partial charge in [0.1, 0.15) is 5.75 Å². The Bertz CT molecular complexity index is 1030. The molecule has 162 valence electrons. The first-order chi connectivity index (χ1) is 15.0. The highest BCUT2D eigenvalue weighted by atomic mass is 32.1. The van der Waals surface area contributed by atoms with Gasteiger partial charge in [-0.15, -0.1) is 0 Å². The fraction of sp³-hybridized carbons (Fsp3) is 0.250. The zero-order valence-corrected chi connectivity index (χ0v) is 18.4. The average Bonchev–Trinajstić information content (AvgIpc) is 3.35. The van der Waals surface area contributed by atoms with E-state index in [-0.39, 0.29) is 11.5 Å². The van der Waals surface area contributed by atoms with Crippen molar-refractivity contribution < 1.29 is 19.4 Å². The minimum atomic E-state index is 0.0296. The van der Waals surface area contributed by atoms with Gasteiger partial charge >= 0.3 is 0 Å². The number of nitrogens with zero attached hydrogens (tertiary/aromatic N) is 1. The molecule has 3 aromatic rings. The number of rotatable bonds is 5. The van der Waals surface area contributed by atoms with Crippen LogP contribution in [0.4, 0.5) is 11.4 Å². The Morgan fingerprint density at radius 1 is 1.13 bits per heavy atom. The number of phenolic OH excluding ortho intramolecular Hbond substituents is 1. The number of nitrogens with one attached hydrogen (secondary N) is 1. The molecule has 1 aromatic heterocycles. The summed E-state index contributed by atoms with van der Waals surface area (Å²) < 4.78 is 5.24. The number of hydrogen-bond acceptors (Lipinski definition) is 7. The summed E-state index contributed by atoms with van der Waals surface area (Å²) in [6.45, 7) is 4.64. The molecule has 2 heterocycles. The highest BCUT2D eigenvalue weighted by Gasteiger charge is 2.12. The second kappa shape index (κ2) is 10.7. The molecule has 0 radical (unpaired) electrons. The standard InChI is InChI=1S/C13H13NOS.C11H13NO3/c1-9(15)12-4-3-10(7-13(12)14-2)11-5-6-16-8-11;13-8-9-7-10(1-2-11(9)14)12-3-5-15-6-4-12/h3-8,14H,1-2H3;1-2,7-8,14H,3-6H2. The van der Waals surface area contributed by atoms with Crippen molar-refractivity contribution in [1.29, 1.82) is 0 Å². The minimum absolute atomic E-state index is 0.0296. The van der Waals surface area contributed by atoms with Crippen molar-refractivity contribution in [3.05, 3.63) is 64.4 Å². The first kappa shape index (κ1) is 22.5. The fourth-order valence-corrected chi connectivity index (χ4v) is 3.99. The molecule has 1 aliphatic heterocycles. The van der Waals surface area contributed by atoms with Gasteiger partial charge in [-0.25, -0.2) is 0 Å². The number of thiophene rings is 1. The summed E-state index contributed by atoms with van der Waals surface area (Å²) in [6.07, 6.45) is 0.666. The summed E-state index contributed by atoms with van der Waals surface area (Å²) in [5.74, 6) is 0.114. The molecular weight excluding hydrogens is 412 g/mol. The second-order valence-corrected chi connectivity index (χ2v) is 7.82. The van der Waals surface area contributed by atoms with Crippen LogP contribution in [0.25, 0.3) is 11.1 Å². The van der Waals surface area contributed by atoms with Crippen molar-refractivity contribution in [2.75, 3.05) is 43.6 Å². The molecule has 31 heavy (non-hydrogen) atoms. The lowest BCUT2D eigenvalue weighted by atomic mass is 10.0. The zero-order chi connectivity index (χ0) is 22.2. The molecule has 0 saturated carbocycles. The van der Waals surface area contributed by atoms with Gasteiger partial charge < -0.3 is 20.1 Å². The topological polar surface area (TPSA) is 78.9 Å². The number of aromatic hydroxyl groups is 1. The molecule has 2 N–H and O–H groups in total. The minimum Gasteiger partial charge on any atom is -0.507 e. The lowest BCUT2D eigenvalue weighted by Gasteiger charge is -2.29. The summed E-state index contributed by atoms with van der Waals surface area (Å²) in [5.41, 5.74) is 5.24. The predicted molar refractivity (Wildman–Crippen MR) is 126 cm³/mol. The Kier molecular flexibility index (Phi) is 7.81. The maximum atomic E-state index is 11.4. The molecule has 0 atom stereocenters. The summed E-state index contributed by atoms with van der Waals surface area (Å²) in [6, 6.07) is 13.0. The first-order valence-electron chi connectivity index (χ1n) is 9.99. The maximum absolute atomic E-state index is 11.4.